The normalized spacial score (nSPS) is 10.6. The molecule has 0 fully saturated rings. The molecule has 0 atom stereocenters. The molecule has 2 aromatic rings. The Morgan fingerprint density at radius 1 is 1.00 bits per heavy atom. The third-order valence-corrected chi connectivity index (χ3v) is 3.21. The Kier molecular flexibility index (Phi) is 4.68. The molecular formula is C15H17NO4. The largest absolute Gasteiger partial charge is 0.496 e. The third-order valence-electron chi connectivity index (χ3n) is 3.21. The average Bonchev–Trinajstić information content (AvgIpc) is 2.53. The van der Waals surface area contributed by atoms with E-state index in [-0.39, 0.29) is 19.8 Å². The second-order valence-electron chi connectivity index (χ2n) is 4.30. The molecule has 1 aromatic heterocycles. The van der Waals surface area contributed by atoms with E-state index in [1.165, 1.54) is 7.11 Å². The highest BCUT2D eigenvalue weighted by Gasteiger charge is 2.15. The quantitative estimate of drug-likeness (QED) is 0.764. The van der Waals surface area contributed by atoms with Crippen LogP contribution in [0.1, 0.15) is 16.7 Å². The van der Waals surface area contributed by atoms with Gasteiger partial charge in [-0.05, 0) is 35.4 Å². The number of hydrogen-bond donors (Lipinski definition) is 3. The van der Waals surface area contributed by atoms with Gasteiger partial charge < -0.3 is 20.1 Å². The number of aromatic nitrogens is 1. The molecule has 0 aliphatic heterocycles. The first-order valence-corrected chi connectivity index (χ1v) is 6.21. The van der Waals surface area contributed by atoms with Crippen molar-refractivity contribution in [1.29, 1.82) is 0 Å². The lowest BCUT2D eigenvalue weighted by atomic mass is 9.97. The molecule has 0 amide bonds. The van der Waals surface area contributed by atoms with E-state index < -0.39 is 0 Å². The summed E-state index contributed by atoms with van der Waals surface area (Å²) in [6.45, 7) is -0.535. The van der Waals surface area contributed by atoms with E-state index in [1.807, 2.05) is 0 Å². The minimum atomic E-state index is -0.230. The Labute approximate surface area is 117 Å². The van der Waals surface area contributed by atoms with Gasteiger partial charge in [0.2, 0.25) is 0 Å². The molecule has 3 N–H and O–H groups in total. The van der Waals surface area contributed by atoms with Gasteiger partial charge >= 0.3 is 0 Å². The minimum absolute atomic E-state index is 0.0764. The van der Waals surface area contributed by atoms with E-state index in [9.17, 15) is 15.3 Å². The number of aliphatic hydroxyl groups is 3. The zero-order chi connectivity index (χ0) is 14.5. The molecule has 0 spiro atoms. The van der Waals surface area contributed by atoms with Crippen molar-refractivity contribution in [3.63, 3.8) is 0 Å². The summed E-state index contributed by atoms with van der Waals surface area (Å²) in [6.07, 6.45) is 1.60. The van der Waals surface area contributed by atoms with Gasteiger partial charge in [-0.15, -0.1) is 0 Å². The second-order valence-corrected chi connectivity index (χ2v) is 4.30. The number of methoxy groups -OCH3 is 1. The molecule has 5 nitrogen and oxygen atoms in total. The van der Waals surface area contributed by atoms with E-state index in [4.69, 9.17) is 4.74 Å². The van der Waals surface area contributed by atoms with E-state index in [0.29, 0.717) is 28.1 Å². The SMILES string of the molecule is COc1ccc(-c2cc(CO)ccn2)c(CO)c1CO. The number of pyridine rings is 1. The molecule has 0 aliphatic carbocycles. The number of aliphatic hydroxyl groups excluding tert-OH is 3. The van der Waals surface area contributed by atoms with Gasteiger partial charge in [0.1, 0.15) is 5.75 Å². The summed E-state index contributed by atoms with van der Waals surface area (Å²) in [5.41, 5.74) is 3.21. The number of rotatable bonds is 5. The maximum atomic E-state index is 9.59. The van der Waals surface area contributed by atoms with Gasteiger partial charge in [-0.2, -0.15) is 0 Å². The van der Waals surface area contributed by atoms with Crippen molar-refractivity contribution in [3.05, 3.63) is 47.2 Å². The van der Waals surface area contributed by atoms with Crippen molar-refractivity contribution in [2.45, 2.75) is 19.8 Å². The van der Waals surface area contributed by atoms with Crippen molar-refractivity contribution in [2.75, 3.05) is 7.11 Å². The van der Waals surface area contributed by atoms with Gasteiger partial charge in [0.15, 0.2) is 0 Å². The molecule has 1 aromatic carbocycles. The van der Waals surface area contributed by atoms with Crippen LogP contribution in [0, 0.1) is 0 Å². The van der Waals surface area contributed by atoms with E-state index in [2.05, 4.69) is 4.98 Å². The molecule has 0 aliphatic rings. The summed E-state index contributed by atoms with van der Waals surface area (Å²) in [7, 11) is 1.51. The maximum absolute atomic E-state index is 9.59. The van der Waals surface area contributed by atoms with Crippen LogP contribution in [-0.4, -0.2) is 27.4 Å². The Bertz CT molecular complexity index is 598. The van der Waals surface area contributed by atoms with Crippen LogP contribution < -0.4 is 4.74 Å². The van der Waals surface area contributed by atoms with Crippen LogP contribution >= 0.6 is 0 Å². The number of benzene rings is 1. The first kappa shape index (κ1) is 14.5. The van der Waals surface area contributed by atoms with Crippen LogP contribution in [0.4, 0.5) is 0 Å². The van der Waals surface area contributed by atoms with E-state index in [1.54, 1.807) is 30.5 Å². The topological polar surface area (TPSA) is 82.8 Å². The lowest BCUT2D eigenvalue weighted by Crippen LogP contribution is -2.02. The third kappa shape index (κ3) is 2.65. The summed E-state index contributed by atoms with van der Waals surface area (Å²) in [6, 6.07) is 6.99. The van der Waals surface area contributed by atoms with Gasteiger partial charge in [0.25, 0.3) is 0 Å². The molecule has 5 heteroatoms. The fourth-order valence-electron chi connectivity index (χ4n) is 2.18. The summed E-state index contributed by atoms with van der Waals surface area (Å²) < 4.78 is 5.18. The Balaban J connectivity index is 2.61. The molecule has 106 valence electrons. The van der Waals surface area contributed by atoms with Crippen LogP contribution in [0.15, 0.2) is 30.5 Å². The van der Waals surface area contributed by atoms with Gasteiger partial charge in [-0.25, -0.2) is 0 Å². The predicted octanol–water partition coefficient (Wildman–Crippen LogP) is 1.23. The number of hydrogen-bond acceptors (Lipinski definition) is 5. The summed E-state index contributed by atoms with van der Waals surface area (Å²) in [5, 5.41) is 28.3. The van der Waals surface area contributed by atoms with Crippen molar-refractivity contribution in [2.24, 2.45) is 0 Å². The molecule has 0 bridgehead atoms. The highest BCUT2D eigenvalue weighted by atomic mass is 16.5. The molecule has 1 heterocycles. The fraction of sp³-hybridized carbons (Fsp3) is 0.267. The van der Waals surface area contributed by atoms with Gasteiger partial charge in [-0.1, -0.05) is 0 Å². The van der Waals surface area contributed by atoms with Crippen LogP contribution in [-0.2, 0) is 19.8 Å². The zero-order valence-electron chi connectivity index (χ0n) is 11.2. The molecule has 0 radical (unpaired) electrons. The smallest absolute Gasteiger partial charge is 0.124 e. The Morgan fingerprint density at radius 2 is 1.75 bits per heavy atom. The zero-order valence-corrected chi connectivity index (χ0v) is 11.2. The van der Waals surface area contributed by atoms with Crippen LogP contribution in [0.25, 0.3) is 11.3 Å². The Hall–Kier alpha value is -1.95. The highest BCUT2D eigenvalue weighted by molar-refractivity contribution is 5.68. The van der Waals surface area contributed by atoms with Crippen LogP contribution in [0.3, 0.4) is 0 Å². The molecule has 20 heavy (non-hydrogen) atoms. The maximum Gasteiger partial charge on any atom is 0.124 e. The lowest BCUT2D eigenvalue weighted by Gasteiger charge is -2.15. The van der Waals surface area contributed by atoms with Gasteiger partial charge in [0.05, 0.1) is 32.6 Å². The molecule has 2 rings (SSSR count). The van der Waals surface area contributed by atoms with Crippen molar-refractivity contribution < 1.29 is 20.1 Å². The fourth-order valence-corrected chi connectivity index (χ4v) is 2.18. The van der Waals surface area contributed by atoms with Crippen molar-refractivity contribution in [1.82, 2.24) is 4.98 Å². The van der Waals surface area contributed by atoms with Crippen LogP contribution in [0.5, 0.6) is 5.75 Å². The van der Waals surface area contributed by atoms with E-state index in [0.717, 1.165) is 5.56 Å². The highest BCUT2D eigenvalue weighted by Crippen LogP contribution is 2.31. The lowest BCUT2D eigenvalue weighted by molar-refractivity contribution is 0.254. The second kappa shape index (κ2) is 6.47. The van der Waals surface area contributed by atoms with E-state index >= 15 is 0 Å². The first-order chi connectivity index (χ1) is 9.74. The first-order valence-electron chi connectivity index (χ1n) is 6.21. The predicted molar refractivity (Wildman–Crippen MR) is 74.0 cm³/mol. The molecular weight excluding hydrogens is 258 g/mol. The molecule has 0 unspecified atom stereocenters. The van der Waals surface area contributed by atoms with Crippen molar-refractivity contribution in [3.8, 4) is 17.0 Å². The van der Waals surface area contributed by atoms with Gasteiger partial charge in [0, 0.05) is 17.3 Å². The molecule has 0 saturated carbocycles. The summed E-state index contributed by atoms with van der Waals surface area (Å²) >= 11 is 0. The monoisotopic (exact) mass is 275 g/mol. The summed E-state index contributed by atoms with van der Waals surface area (Å²) in [5.74, 6) is 0.526. The van der Waals surface area contributed by atoms with Crippen LogP contribution in [0.2, 0.25) is 0 Å². The summed E-state index contributed by atoms with van der Waals surface area (Å²) in [4.78, 5) is 4.25. The standard InChI is InChI=1S/C15H17NO4/c1-20-15-3-2-11(12(8-18)13(15)9-19)14-6-10(7-17)4-5-16-14/h2-6,17-19H,7-9H2,1H3. The van der Waals surface area contributed by atoms with Gasteiger partial charge in [-0.3, -0.25) is 4.98 Å². The minimum Gasteiger partial charge on any atom is -0.496 e. The average molecular weight is 275 g/mol. The van der Waals surface area contributed by atoms with Crippen molar-refractivity contribution >= 4 is 0 Å². The number of nitrogens with zero attached hydrogens (tertiary/aromatic N) is 1. The number of ether oxygens (including phenoxy) is 1. The molecule has 0 saturated heterocycles. The Morgan fingerprint density at radius 3 is 2.35 bits per heavy atom.